The molecule has 94 valence electrons. The maximum absolute atomic E-state index is 5.74. The first-order valence-electron chi connectivity index (χ1n) is 6.32. The molecule has 0 radical (unpaired) electrons. The highest BCUT2D eigenvalue weighted by atomic mass is 15.2. The summed E-state index contributed by atoms with van der Waals surface area (Å²) in [4.78, 5) is 8.78. The van der Waals surface area contributed by atoms with Gasteiger partial charge in [0.15, 0.2) is 5.96 Å². The Bertz CT molecular complexity index is 219. The molecule has 1 aliphatic heterocycles. The first-order valence-corrected chi connectivity index (χ1v) is 6.32. The van der Waals surface area contributed by atoms with E-state index in [-0.39, 0.29) is 0 Å². The third-order valence-corrected chi connectivity index (χ3v) is 3.29. The minimum atomic E-state index is 0.630. The second-order valence-electron chi connectivity index (χ2n) is 4.87. The number of hydrogen-bond donors (Lipinski definition) is 1. The molecule has 1 saturated heterocycles. The molecular formula is C12H26N4. The summed E-state index contributed by atoms with van der Waals surface area (Å²) in [6.07, 6.45) is 5.21. The highest BCUT2D eigenvalue weighted by Crippen LogP contribution is 2.13. The standard InChI is InChI=1S/C12H26N4/c1-11(16-9-5-4-6-10-16)7-8-14-12(13)15(2)3/h11H,4-10H2,1-3H3,(H2,13,14). The maximum Gasteiger partial charge on any atom is 0.190 e. The third-order valence-electron chi connectivity index (χ3n) is 3.29. The van der Waals surface area contributed by atoms with Gasteiger partial charge in [-0.1, -0.05) is 6.42 Å². The smallest absolute Gasteiger partial charge is 0.190 e. The Morgan fingerprint density at radius 1 is 1.31 bits per heavy atom. The molecule has 0 aromatic rings. The quantitative estimate of drug-likeness (QED) is 0.577. The molecule has 16 heavy (non-hydrogen) atoms. The molecule has 1 atom stereocenters. The van der Waals surface area contributed by atoms with Crippen LogP contribution in [0.5, 0.6) is 0 Å². The van der Waals surface area contributed by atoms with Crippen LogP contribution in [0.2, 0.25) is 0 Å². The van der Waals surface area contributed by atoms with Crippen molar-refractivity contribution in [2.45, 2.75) is 38.6 Å². The normalized spacial score (nSPS) is 20.8. The van der Waals surface area contributed by atoms with Gasteiger partial charge in [-0.05, 0) is 39.3 Å². The number of guanidine groups is 1. The van der Waals surface area contributed by atoms with E-state index in [9.17, 15) is 0 Å². The molecule has 0 bridgehead atoms. The van der Waals surface area contributed by atoms with Crippen LogP contribution >= 0.6 is 0 Å². The molecule has 1 heterocycles. The minimum absolute atomic E-state index is 0.630. The van der Waals surface area contributed by atoms with Crippen molar-refractivity contribution in [3.63, 3.8) is 0 Å². The number of rotatable bonds is 4. The molecule has 1 aliphatic rings. The second-order valence-corrected chi connectivity index (χ2v) is 4.87. The van der Waals surface area contributed by atoms with Gasteiger partial charge in [0.2, 0.25) is 0 Å². The van der Waals surface area contributed by atoms with Crippen molar-refractivity contribution in [3.05, 3.63) is 0 Å². The predicted octanol–water partition coefficient (Wildman–Crippen LogP) is 1.13. The van der Waals surface area contributed by atoms with Gasteiger partial charge in [0.1, 0.15) is 0 Å². The summed E-state index contributed by atoms with van der Waals surface area (Å²) in [6.45, 7) is 5.65. The van der Waals surface area contributed by atoms with Crippen molar-refractivity contribution in [3.8, 4) is 0 Å². The Kier molecular flexibility index (Phi) is 5.60. The first kappa shape index (κ1) is 13.3. The van der Waals surface area contributed by atoms with E-state index in [2.05, 4.69) is 16.8 Å². The Balaban J connectivity index is 2.23. The lowest BCUT2D eigenvalue weighted by Crippen LogP contribution is -2.38. The van der Waals surface area contributed by atoms with E-state index in [1.54, 1.807) is 0 Å². The summed E-state index contributed by atoms with van der Waals surface area (Å²) in [7, 11) is 3.85. The number of piperidine rings is 1. The van der Waals surface area contributed by atoms with Gasteiger partial charge in [0.25, 0.3) is 0 Å². The molecule has 4 nitrogen and oxygen atoms in total. The number of nitrogens with two attached hydrogens (primary N) is 1. The Hall–Kier alpha value is -0.770. The molecule has 0 aliphatic carbocycles. The van der Waals surface area contributed by atoms with Crippen LogP contribution in [0.1, 0.15) is 32.6 Å². The van der Waals surface area contributed by atoms with E-state index in [4.69, 9.17) is 5.73 Å². The van der Waals surface area contributed by atoms with Gasteiger partial charge < -0.3 is 15.5 Å². The lowest BCUT2D eigenvalue weighted by molar-refractivity contribution is 0.168. The first-order chi connectivity index (χ1) is 7.61. The number of nitrogens with zero attached hydrogens (tertiary/aromatic N) is 3. The summed E-state index contributed by atoms with van der Waals surface area (Å²) in [5, 5.41) is 0. The number of aliphatic imine (C=N–C) groups is 1. The molecule has 0 aromatic carbocycles. The SMILES string of the molecule is CC(CCN=C(N)N(C)C)N1CCCCC1. The topological polar surface area (TPSA) is 44.9 Å². The van der Waals surface area contributed by atoms with Crippen LogP contribution in [0.25, 0.3) is 0 Å². The molecular weight excluding hydrogens is 200 g/mol. The van der Waals surface area contributed by atoms with Gasteiger partial charge in [-0.15, -0.1) is 0 Å². The second kappa shape index (κ2) is 6.74. The Labute approximate surface area is 99.5 Å². The molecule has 0 aromatic heterocycles. The lowest BCUT2D eigenvalue weighted by Gasteiger charge is -2.32. The van der Waals surface area contributed by atoms with E-state index in [0.717, 1.165) is 13.0 Å². The summed E-state index contributed by atoms with van der Waals surface area (Å²) in [5.41, 5.74) is 5.74. The van der Waals surface area contributed by atoms with Gasteiger partial charge in [-0.3, -0.25) is 4.99 Å². The molecule has 2 N–H and O–H groups in total. The van der Waals surface area contributed by atoms with Crippen LogP contribution in [0.4, 0.5) is 0 Å². The molecule has 1 unspecified atom stereocenters. The van der Waals surface area contributed by atoms with Gasteiger partial charge in [-0.25, -0.2) is 0 Å². The Morgan fingerprint density at radius 3 is 2.50 bits per heavy atom. The zero-order chi connectivity index (χ0) is 12.0. The van der Waals surface area contributed by atoms with Crippen molar-refractivity contribution in [2.75, 3.05) is 33.7 Å². The van der Waals surface area contributed by atoms with Crippen LogP contribution in [0.3, 0.4) is 0 Å². The lowest BCUT2D eigenvalue weighted by atomic mass is 10.1. The van der Waals surface area contributed by atoms with Gasteiger partial charge in [0.05, 0.1) is 0 Å². The molecule has 1 rings (SSSR count). The monoisotopic (exact) mass is 226 g/mol. The van der Waals surface area contributed by atoms with Gasteiger partial charge in [0, 0.05) is 26.7 Å². The van der Waals surface area contributed by atoms with Crippen LogP contribution in [-0.2, 0) is 0 Å². The third kappa shape index (κ3) is 4.39. The summed E-state index contributed by atoms with van der Waals surface area (Å²) < 4.78 is 0. The highest BCUT2D eigenvalue weighted by molar-refractivity contribution is 5.77. The highest BCUT2D eigenvalue weighted by Gasteiger charge is 2.15. The fraction of sp³-hybridized carbons (Fsp3) is 0.917. The minimum Gasteiger partial charge on any atom is -0.370 e. The zero-order valence-corrected chi connectivity index (χ0v) is 10.9. The van der Waals surface area contributed by atoms with E-state index in [0.29, 0.717) is 12.0 Å². The molecule has 0 saturated carbocycles. The Morgan fingerprint density at radius 2 is 1.94 bits per heavy atom. The van der Waals surface area contributed by atoms with E-state index in [1.165, 1.54) is 32.4 Å². The predicted molar refractivity (Wildman–Crippen MR) is 69.7 cm³/mol. The average Bonchev–Trinajstić information content (AvgIpc) is 2.29. The molecule has 1 fully saturated rings. The van der Waals surface area contributed by atoms with Crippen LogP contribution in [-0.4, -0.2) is 55.5 Å². The average molecular weight is 226 g/mol. The van der Waals surface area contributed by atoms with Crippen molar-refractivity contribution in [1.82, 2.24) is 9.80 Å². The zero-order valence-electron chi connectivity index (χ0n) is 10.9. The van der Waals surface area contributed by atoms with Crippen molar-refractivity contribution >= 4 is 5.96 Å². The number of hydrogen-bond acceptors (Lipinski definition) is 2. The summed E-state index contributed by atoms with van der Waals surface area (Å²) >= 11 is 0. The van der Waals surface area contributed by atoms with Crippen molar-refractivity contribution in [2.24, 2.45) is 10.7 Å². The van der Waals surface area contributed by atoms with E-state index >= 15 is 0 Å². The van der Waals surface area contributed by atoms with Crippen molar-refractivity contribution in [1.29, 1.82) is 0 Å². The summed E-state index contributed by atoms with van der Waals surface area (Å²) in [6, 6.07) is 0.638. The fourth-order valence-electron chi connectivity index (χ4n) is 2.05. The van der Waals surface area contributed by atoms with E-state index in [1.807, 2.05) is 19.0 Å². The van der Waals surface area contributed by atoms with Gasteiger partial charge >= 0.3 is 0 Å². The van der Waals surface area contributed by atoms with E-state index < -0.39 is 0 Å². The molecule has 0 amide bonds. The molecule has 4 heteroatoms. The van der Waals surface area contributed by atoms with Crippen LogP contribution in [0.15, 0.2) is 4.99 Å². The largest absolute Gasteiger partial charge is 0.370 e. The number of likely N-dealkylation sites (tertiary alicyclic amines) is 1. The van der Waals surface area contributed by atoms with Crippen molar-refractivity contribution < 1.29 is 0 Å². The summed E-state index contributed by atoms with van der Waals surface area (Å²) in [5.74, 6) is 0.630. The maximum atomic E-state index is 5.74. The van der Waals surface area contributed by atoms with Gasteiger partial charge in [-0.2, -0.15) is 0 Å². The van der Waals surface area contributed by atoms with Crippen LogP contribution in [0, 0.1) is 0 Å². The van der Waals surface area contributed by atoms with Crippen LogP contribution < -0.4 is 5.73 Å². The molecule has 0 spiro atoms. The fourth-order valence-corrected chi connectivity index (χ4v) is 2.05.